The van der Waals surface area contributed by atoms with Crippen LogP contribution in [0.1, 0.15) is 27.2 Å². The molecule has 1 rings (SSSR count). The van der Waals surface area contributed by atoms with E-state index in [1.165, 1.54) is 0 Å². The molecule has 1 saturated heterocycles. The maximum absolute atomic E-state index is 12.0. The minimum Gasteiger partial charge on any atom is -0.392 e. The fourth-order valence-electron chi connectivity index (χ4n) is 2.38. The van der Waals surface area contributed by atoms with Crippen LogP contribution < -0.4 is 10.6 Å². The van der Waals surface area contributed by atoms with Gasteiger partial charge in [0.25, 0.3) is 0 Å². The Hall–Kier alpha value is -0.650. The van der Waals surface area contributed by atoms with E-state index in [0.29, 0.717) is 13.0 Å². The molecule has 3 N–H and O–H groups in total. The standard InChI is InChI=1S/C13H27N3O2/c1-9(13(2,3)8-16(4)5)15-12(18)11-6-10(17)7-14-11/h9-11,14,17H,6-8H2,1-5H3,(H,15,18)/t9-,10+,11+/m0/s1. The Morgan fingerprint density at radius 1 is 1.56 bits per heavy atom. The highest BCUT2D eigenvalue weighted by Crippen LogP contribution is 2.21. The average molecular weight is 257 g/mol. The fraction of sp³-hybridized carbons (Fsp3) is 0.923. The molecule has 0 saturated carbocycles. The number of carbonyl (C=O) groups is 1. The van der Waals surface area contributed by atoms with E-state index < -0.39 is 6.10 Å². The van der Waals surface area contributed by atoms with E-state index in [2.05, 4.69) is 29.4 Å². The van der Waals surface area contributed by atoms with Crippen LogP contribution in [0, 0.1) is 5.41 Å². The SMILES string of the molecule is C[C@H](NC(=O)[C@H]1C[C@@H](O)CN1)C(C)(C)CN(C)C. The van der Waals surface area contributed by atoms with Gasteiger partial charge in [0, 0.05) is 19.1 Å². The number of aliphatic hydroxyl groups excluding tert-OH is 1. The number of aliphatic hydroxyl groups is 1. The van der Waals surface area contributed by atoms with Gasteiger partial charge in [-0.2, -0.15) is 0 Å². The summed E-state index contributed by atoms with van der Waals surface area (Å²) >= 11 is 0. The molecular weight excluding hydrogens is 230 g/mol. The zero-order valence-electron chi connectivity index (χ0n) is 12.2. The Bertz CT molecular complexity index is 292. The van der Waals surface area contributed by atoms with Gasteiger partial charge in [-0.25, -0.2) is 0 Å². The third-order valence-corrected chi connectivity index (χ3v) is 3.68. The molecule has 0 aliphatic carbocycles. The Labute approximate surface area is 110 Å². The van der Waals surface area contributed by atoms with Gasteiger partial charge in [0.1, 0.15) is 0 Å². The Morgan fingerprint density at radius 3 is 2.61 bits per heavy atom. The molecular formula is C13H27N3O2. The highest BCUT2D eigenvalue weighted by atomic mass is 16.3. The van der Waals surface area contributed by atoms with Crippen LogP contribution in [0.15, 0.2) is 0 Å². The van der Waals surface area contributed by atoms with Crippen molar-refractivity contribution in [1.82, 2.24) is 15.5 Å². The molecule has 1 aliphatic rings. The number of amides is 1. The molecule has 18 heavy (non-hydrogen) atoms. The van der Waals surface area contributed by atoms with Gasteiger partial charge in [0.05, 0.1) is 12.1 Å². The summed E-state index contributed by atoms with van der Waals surface area (Å²) in [6.07, 6.45) is 0.109. The van der Waals surface area contributed by atoms with Crippen LogP contribution in [0.5, 0.6) is 0 Å². The highest BCUT2D eigenvalue weighted by molar-refractivity contribution is 5.82. The van der Waals surface area contributed by atoms with Crippen molar-refractivity contribution in [3.63, 3.8) is 0 Å². The van der Waals surface area contributed by atoms with E-state index >= 15 is 0 Å². The first-order valence-electron chi connectivity index (χ1n) is 6.59. The van der Waals surface area contributed by atoms with Gasteiger partial charge in [-0.05, 0) is 32.9 Å². The molecule has 0 bridgehead atoms. The molecule has 1 amide bonds. The molecule has 0 unspecified atom stereocenters. The van der Waals surface area contributed by atoms with Gasteiger partial charge in [-0.3, -0.25) is 4.79 Å². The second kappa shape index (κ2) is 5.99. The first-order valence-corrected chi connectivity index (χ1v) is 6.59. The molecule has 0 aromatic rings. The van der Waals surface area contributed by atoms with Gasteiger partial charge in [-0.15, -0.1) is 0 Å². The number of rotatable bonds is 5. The zero-order valence-corrected chi connectivity index (χ0v) is 12.2. The summed E-state index contributed by atoms with van der Waals surface area (Å²) in [5.41, 5.74) is 0.0103. The van der Waals surface area contributed by atoms with E-state index in [1.54, 1.807) is 0 Å². The average Bonchev–Trinajstić information content (AvgIpc) is 2.62. The Kier molecular flexibility index (Phi) is 5.13. The normalized spacial score (nSPS) is 26.4. The first-order chi connectivity index (χ1) is 8.22. The van der Waals surface area contributed by atoms with Crippen molar-refractivity contribution < 1.29 is 9.90 Å². The van der Waals surface area contributed by atoms with Crippen molar-refractivity contribution in [2.75, 3.05) is 27.2 Å². The molecule has 106 valence electrons. The quantitative estimate of drug-likeness (QED) is 0.638. The summed E-state index contributed by atoms with van der Waals surface area (Å²) in [5.74, 6) is -0.00844. The van der Waals surface area contributed by atoms with E-state index in [-0.39, 0.29) is 23.4 Å². The van der Waals surface area contributed by atoms with Gasteiger partial charge >= 0.3 is 0 Å². The molecule has 0 aromatic heterocycles. The first kappa shape index (κ1) is 15.4. The Balaban J connectivity index is 2.48. The molecule has 3 atom stereocenters. The molecule has 5 heteroatoms. The second-order valence-electron chi connectivity index (χ2n) is 6.31. The van der Waals surface area contributed by atoms with Crippen LogP contribution in [0.3, 0.4) is 0 Å². The lowest BCUT2D eigenvalue weighted by molar-refractivity contribution is -0.124. The van der Waals surface area contributed by atoms with Gasteiger partial charge in [0.15, 0.2) is 0 Å². The molecule has 1 aliphatic heterocycles. The lowest BCUT2D eigenvalue weighted by Crippen LogP contribution is -2.51. The fourth-order valence-corrected chi connectivity index (χ4v) is 2.38. The van der Waals surface area contributed by atoms with Crippen molar-refractivity contribution in [3.05, 3.63) is 0 Å². The molecule has 0 aromatic carbocycles. The maximum atomic E-state index is 12.0. The van der Waals surface area contributed by atoms with E-state index in [4.69, 9.17) is 0 Å². The minimum atomic E-state index is -0.397. The second-order valence-corrected chi connectivity index (χ2v) is 6.31. The van der Waals surface area contributed by atoms with Crippen molar-refractivity contribution >= 4 is 5.91 Å². The number of nitrogens with zero attached hydrogens (tertiary/aromatic N) is 1. The van der Waals surface area contributed by atoms with Crippen LogP contribution in [0.25, 0.3) is 0 Å². The maximum Gasteiger partial charge on any atom is 0.237 e. The molecule has 1 heterocycles. The van der Waals surface area contributed by atoms with Crippen LogP contribution >= 0.6 is 0 Å². The van der Waals surface area contributed by atoms with Gasteiger partial charge in [-0.1, -0.05) is 13.8 Å². The van der Waals surface area contributed by atoms with Crippen LogP contribution in [-0.4, -0.2) is 61.3 Å². The van der Waals surface area contributed by atoms with E-state index in [9.17, 15) is 9.90 Å². The van der Waals surface area contributed by atoms with E-state index in [0.717, 1.165) is 6.54 Å². The predicted octanol–water partition coefficient (Wildman–Crippen LogP) is -0.198. The molecule has 0 spiro atoms. The third-order valence-electron chi connectivity index (χ3n) is 3.68. The number of β-amino-alcohol motifs (C(OH)–C–C–N with tert-alkyl or cyclic N) is 1. The van der Waals surface area contributed by atoms with Gasteiger partial charge < -0.3 is 20.6 Å². The van der Waals surface area contributed by atoms with Crippen LogP contribution in [-0.2, 0) is 4.79 Å². The Morgan fingerprint density at radius 2 is 2.17 bits per heavy atom. The van der Waals surface area contributed by atoms with Crippen molar-refractivity contribution in [2.24, 2.45) is 5.41 Å². The highest BCUT2D eigenvalue weighted by Gasteiger charge is 2.32. The zero-order chi connectivity index (χ0) is 13.9. The summed E-state index contributed by atoms with van der Waals surface area (Å²) in [4.78, 5) is 14.2. The molecule has 5 nitrogen and oxygen atoms in total. The monoisotopic (exact) mass is 257 g/mol. The largest absolute Gasteiger partial charge is 0.392 e. The minimum absolute atomic E-state index is 0.00844. The summed E-state index contributed by atoms with van der Waals surface area (Å²) in [6, 6.07) is -0.162. The van der Waals surface area contributed by atoms with Crippen molar-refractivity contribution in [3.8, 4) is 0 Å². The van der Waals surface area contributed by atoms with Crippen molar-refractivity contribution in [2.45, 2.75) is 45.4 Å². The molecule has 1 fully saturated rings. The van der Waals surface area contributed by atoms with Crippen LogP contribution in [0.4, 0.5) is 0 Å². The molecule has 0 radical (unpaired) electrons. The van der Waals surface area contributed by atoms with Crippen LogP contribution in [0.2, 0.25) is 0 Å². The van der Waals surface area contributed by atoms with E-state index in [1.807, 2.05) is 21.0 Å². The summed E-state index contributed by atoms with van der Waals surface area (Å²) < 4.78 is 0. The number of carbonyl (C=O) groups excluding carboxylic acids is 1. The summed E-state index contributed by atoms with van der Waals surface area (Å²) in [7, 11) is 4.07. The third kappa shape index (κ3) is 4.23. The smallest absolute Gasteiger partial charge is 0.237 e. The number of nitrogens with one attached hydrogen (secondary N) is 2. The van der Waals surface area contributed by atoms with Gasteiger partial charge in [0.2, 0.25) is 5.91 Å². The summed E-state index contributed by atoms with van der Waals surface area (Å²) in [5, 5.41) is 15.5. The van der Waals surface area contributed by atoms with Crippen molar-refractivity contribution in [1.29, 1.82) is 0 Å². The lowest BCUT2D eigenvalue weighted by Gasteiger charge is -2.35. The topological polar surface area (TPSA) is 64.6 Å². The number of hydrogen-bond donors (Lipinski definition) is 3. The lowest BCUT2D eigenvalue weighted by atomic mass is 9.84. The number of hydrogen-bond acceptors (Lipinski definition) is 4. The predicted molar refractivity (Wildman–Crippen MR) is 72.4 cm³/mol. The summed E-state index contributed by atoms with van der Waals surface area (Å²) in [6.45, 7) is 7.75.